The van der Waals surface area contributed by atoms with Crippen LogP contribution in [0.3, 0.4) is 0 Å². The zero-order valence-corrected chi connectivity index (χ0v) is 11.1. The first-order valence-electron chi connectivity index (χ1n) is 6.68. The fourth-order valence-electron chi connectivity index (χ4n) is 1.82. The molecule has 0 spiro atoms. The predicted octanol–water partition coefficient (Wildman–Crippen LogP) is 3.20. The molecule has 0 amide bonds. The summed E-state index contributed by atoms with van der Waals surface area (Å²) < 4.78 is 5.30. The number of ether oxygens (including phenoxy) is 1. The van der Waals surface area contributed by atoms with E-state index in [1.807, 2.05) is 6.92 Å². The summed E-state index contributed by atoms with van der Waals surface area (Å²) in [5.41, 5.74) is 1.41. The van der Waals surface area contributed by atoms with Crippen molar-refractivity contribution in [2.24, 2.45) is 0 Å². The van der Waals surface area contributed by atoms with Gasteiger partial charge in [0.25, 0.3) is 0 Å². The van der Waals surface area contributed by atoms with E-state index in [0.717, 1.165) is 32.7 Å². The lowest BCUT2D eigenvalue weighted by molar-refractivity contribution is 0.143. The minimum Gasteiger partial charge on any atom is -0.382 e. The average Bonchev–Trinajstić information content (AvgIpc) is 2.38. The van der Waals surface area contributed by atoms with Crippen molar-refractivity contribution < 1.29 is 4.74 Å². The van der Waals surface area contributed by atoms with Gasteiger partial charge < -0.3 is 10.1 Å². The van der Waals surface area contributed by atoms with Crippen LogP contribution < -0.4 is 5.32 Å². The first kappa shape index (κ1) is 14.2. The van der Waals surface area contributed by atoms with Gasteiger partial charge >= 0.3 is 0 Å². The fraction of sp³-hybridized carbons (Fsp3) is 0.600. The fourth-order valence-corrected chi connectivity index (χ4v) is 1.82. The summed E-state index contributed by atoms with van der Waals surface area (Å²) in [4.78, 5) is 0. The quantitative estimate of drug-likeness (QED) is 0.664. The molecule has 1 aromatic rings. The predicted molar refractivity (Wildman–Crippen MR) is 73.5 cm³/mol. The highest BCUT2D eigenvalue weighted by molar-refractivity contribution is 5.18. The van der Waals surface area contributed by atoms with E-state index in [9.17, 15) is 0 Å². The van der Waals surface area contributed by atoms with Crippen LogP contribution in [0.5, 0.6) is 0 Å². The van der Waals surface area contributed by atoms with Gasteiger partial charge in [0, 0.05) is 19.8 Å². The molecule has 0 aliphatic rings. The van der Waals surface area contributed by atoms with E-state index in [1.165, 1.54) is 12.0 Å². The molecule has 0 heterocycles. The van der Waals surface area contributed by atoms with Gasteiger partial charge in [0.15, 0.2) is 0 Å². The summed E-state index contributed by atoms with van der Waals surface area (Å²) in [6, 6.07) is 10.7. The highest BCUT2D eigenvalue weighted by atomic mass is 16.5. The van der Waals surface area contributed by atoms with Crippen molar-refractivity contribution in [2.45, 2.75) is 32.6 Å². The zero-order valence-electron chi connectivity index (χ0n) is 11.1. The van der Waals surface area contributed by atoms with Crippen LogP contribution in [0.15, 0.2) is 30.3 Å². The largest absolute Gasteiger partial charge is 0.382 e. The van der Waals surface area contributed by atoms with Gasteiger partial charge in [-0.3, -0.25) is 0 Å². The van der Waals surface area contributed by atoms with Crippen molar-refractivity contribution in [3.63, 3.8) is 0 Å². The third-order valence-corrected chi connectivity index (χ3v) is 2.92. The summed E-state index contributed by atoms with van der Waals surface area (Å²) in [6.07, 6.45) is 2.35. The first-order chi connectivity index (χ1) is 8.34. The molecule has 0 fully saturated rings. The smallest absolute Gasteiger partial charge is 0.0466 e. The molecular weight excluding hydrogens is 210 g/mol. The molecule has 1 aromatic carbocycles. The number of nitrogens with one attached hydrogen (secondary N) is 1. The zero-order chi connectivity index (χ0) is 12.3. The molecule has 0 aromatic heterocycles. The van der Waals surface area contributed by atoms with E-state index >= 15 is 0 Å². The molecule has 0 bridgehead atoms. The minimum atomic E-state index is 0.586. The maximum absolute atomic E-state index is 5.30. The third kappa shape index (κ3) is 6.44. The van der Waals surface area contributed by atoms with Gasteiger partial charge in [-0.15, -0.1) is 0 Å². The molecule has 0 aliphatic carbocycles. The van der Waals surface area contributed by atoms with Crippen LogP contribution in [0.1, 0.15) is 38.2 Å². The molecule has 0 saturated heterocycles. The van der Waals surface area contributed by atoms with Crippen molar-refractivity contribution in [2.75, 3.05) is 26.3 Å². The standard InChI is InChI=1S/C15H25NO/c1-3-17-12-8-7-11-16-13-14(2)15-9-5-4-6-10-15/h4-6,9-10,14,16H,3,7-8,11-13H2,1-2H3. The molecule has 96 valence electrons. The molecule has 0 radical (unpaired) electrons. The van der Waals surface area contributed by atoms with Gasteiger partial charge in [-0.05, 0) is 37.8 Å². The first-order valence-corrected chi connectivity index (χ1v) is 6.68. The van der Waals surface area contributed by atoms with Crippen molar-refractivity contribution in [3.8, 4) is 0 Å². The van der Waals surface area contributed by atoms with Crippen LogP contribution in [0, 0.1) is 0 Å². The van der Waals surface area contributed by atoms with E-state index in [0.29, 0.717) is 5.92 Å². The molecule has 0 saturated carbocycles. The molecule has 2 nitrogen and oxygen atoms in total. The second kappa shape index (κ2) is 9.20. The Labute approximate surface area is 105 Å². The second-order valence-corrected chi connectivity index (χ2v) is 4.42. The summed E-state index contributed by atoms with van der Waals surface area (Å²) >= 11 is 0. The third-order valence-electron chi connectivity index (χ3n) is 2.92. The van der Waals surface area contributed by atoms with Crippen LogP contribution in [0.25, 0.3) is 0 Å². The van der Waals surface area contributed by atoms with Gasteiger partial charge in [0.05, 0.1) is 0 Å². The van der Waals surface area contributed by atoms with Crippen LogP contribution in [0.4, 0.5) is 0 Å². The molecule has 1 atom stereocenters. The highest BCUT2D eigenvalue weighted by Gasteiger charge is 2.03. The minimum absolute atomic E-state index is 0.586. The number of hydrogen-bond acceptors (Lipinski definition) is 2. The lowest BCUT2D eigenvalue weighted by Crippen LogP contribution is -2.21. The number of rotatable bonds is 9. The molecule has 1 N–H and O–H groups in total. The maximum Gasteiger partial charge on any atom is 0.0466 e. The summed E-state index contributed by atoms with van der Waals surface area (Å²) in [5.74, 6) is 0.586. The van der Waals surface area contributed by atoms with Crippen molar-refractivity contribution >= 4 is 0 Å². The van der Waals surface area contributed by atoms with E-state index in [4.69, 9.17) is 4.74 Å². The van der Waals surface area contributed by atoms with E-state index < -0.39 is 0 Å². The summed E-state index contributed by atoms with van der Waals surface area (Å²) in [6.45, 7) is 8.18. The summed E-state index contributed by atoms with van der Waals surface area (Å²) in [7, 11) is 0. The normalized spacial score (nSPS) is 12.6. The Balaban J connectivity index is 2.03. The number of hydrogen-bond donors (Lipinski definition) is 1. The van der Waals surface area contributed by atoms with Crippen LogP contribution >= 0.6 is 0 Å². The van der Waals surface area contributed by atoms with Crippen LogP contribution in [-0.2, 0) is 4.74 Å². The highest BCUT2D eigenvalue weighted by Crippen LogP contribution is 2.12. The molecule has 1 unspecified atom stereocenters. The number of unbranched alkanes of at least 4 members (excludes halogenated alkanes) is 1. The van der Waals surface area contributed by atoms with Gasteiger partial charge in [0.2, 0.25) is 0 Å². The van der Waals surface area contributed by atoms with Crippen molar-refractivity contribution in [3.05, 3.63) is 35.9 Å². The monoisotopic (exact) mass is 235 g/mol. The van der Waals surface area contributed by atoms with E-state index in [-0.39, 0.29) is 0 Å². The Morgan fingerprint density at radius 2 is 1.94 bits per heavy atom. The van der Waals surface area contributed by atoms with Gasteiger partial charge in [-0.1, -0.05) is 37.3 Å². The maximum atomic E-state index is 5.30. The van der Waals surface area contributed by atoms with Gasteiger partial charge in [0.1, 0.15) is 0 Å². The number of benzene rings is 1. The van der Waals surface area contributed by atoms with Crippen LogP contribution in [0.2, 0.25) is 0 Å². The van der Waals surface area contributed by atoms with Gasteiger partial charge in [-0.2, -0.15) is 0 Å². The van der Waals surface area contributed by atoms with Crippen molar-refractivity contribution in [1.82, 2.24) is 5.32 Å². The second-order valence-electron chi connectivity index (χ2n) is 4.42. The Bertz CT molecular complexity index is 274. The van der Waals surface area contributed by atoms with E-state index in [2.05, 4.69) is 42.6 Å². The lowest BCUT2D eigenvalue weighted by Gasteiger charge is -2.12. The lowest BCUT2D eigenvalue weighted by atomic mass is 10.0. The summed E-state index contributed by atoms with van der Waals surface area (Å²) in [5, 5.41) is 3.50. The van der Waals surface area contributed by atoms with Crippen molar-refractivity contribution in [1.29, 1.82) is 0 Å². The van der Waals surface area contributed by atoms with E-state index in [1.54, 1.807) is 0 Å². The molecule has 17 heavy (non-hydrogen) atoms. The molecule has 1 rings (SSSR count). The molecule has 0 aliphatic heterocycles. The Morgan fingerprint density at radius 1 is 1.18 bits per heavy atom. The Kier molecular flexibility index (Phi) is 7.69. The Morgan fingerprint density at radius 3 is 2.65 bits per heavy atom. The van der Waals surface area contributed by atoms with Crippen LogP contribution in [-0.4, -0.2) is 26.3 Å². The average molecular weight is 235 g/mol. The van der Waals surface area contributed by atoms with Gasteiger partial charge in [-0.25, -0.2) is 0 Å². The SMILES string of the molecule is CCOCCCCNCC(C)c1ccccc1. The molecular formula is C15H25NO. The Hall–Kier alpha value is -0.860. The topological polar surface area (TPSA) is 21.3 Å². The molecule has 2 heteroatoms.